The fourth-order valence-corrected chi connectivity index (χ4v) is 0. The predicted octanol–water partition coefficient (Wildman–Crippen LogP) is -1.53. The van der Waals surface area contributed by atoms with Gasteiger partial charge in [-0.15, -0.1) is 0 Å². The molecular weight excluding hydrogens is 521 g/mol. The maximum Gasteiger partial charge on any atom is 0 e. The number of hydrogen-bond acceptors (Lipinski definition) is 3. The topological polar surface area (TPSA) is 91.7 Å². The second-order valence-corrected chi connectivity index (χ2v) is 1.34. The summed E-state index contributed by atoms with van der Waals surface area (Å²) in [7, 11) is -4.67. The first-order valence-corrected chi connectivity index (χ1v) is 4.16. The Balaban J connectivity index is -0.0000000750. The van der Waals surface area contributed by atoms with E-state index in [0.717, 1.165) is 0 Å². The van der Waals surface area contributed by atoms with Gasteiger partial charge >= 0.3 is 38.9 Å². The van der Waals surface area contributed by atoms with Crippen molar-refractivity contribution in [2.45, 2.75) is 0 Å². The molecule has 8 heavy (non-hydrogen) atoms. The Kier molecular flexibility index (Phi) is 17.3. The van der Waals surface area contributed by atoms with Gasteiger partial charge in [0.2, 0.25) is 0 Å². The normalized spacial score (nSPS) is 8.00. The van der Waals surface area contributed by atoms with Gasteiger partial charge in [-0.2, -0.15) is 8.42 Å². The van der Waals surface area contributed by atoms with Crippen LogP contribution in [0.1, 0.15) is 0 Å². The van der Waals surface area contributed by atoms with Crippen LogP contribution in [0.25, 0.3) is 0 Å². The fraction of sp³-hybridized carbons (Fsp3) is 0. The van der Waals surface area contributed by atoms with E-state index >= 15 is 0 Å². The van der Waals surface area contributed by atoms with E-state index in [9.17, 15) is 0 Å². The Morgan fingerprint density at radius 1 is 1.12 bits per heavy atom. The number of hydrogen-bond donors (Lipinski definition) is 2. The average molecular weight is 523 g/mol. The molecular formula is H2O5STl2. The van der Waals surface area contributed by atoms with Crippen LogP contribution in [0.4, 0.5) is 0 Å². The molecule has 0 saturated heterocycles. The van der Waals surface area contributed by atoms with Gasteiger partial charge in [0.1, 0.15) is 0 Å². The van der Waals surface area contributed by atoms with E-state index in [0.29, 0.717) is 0 Å². The molecule has 0 atom stereocenters. The molecule has 0 spiro atoms. The molecule has 1 radical (unpaired) electrons. The van der Waals surface area contributed by atoms with Gasteiger partial charge in [-0.25, -0.2) is 0 Å². The summed E-state index contributed by atoms with van der Waals surface area (Å²) < 4.78 is 40.0. The van der Waals surface area contributed by atoms with Crippen LogP contribution in [0.3, 0.4) is 0 Å². The zero-order chi connectivity index (χ0) is 6.50. The first kappa shape index (κ1) is 16.3. The van der Waals surface area contributed by atoms with Gasteiger partial charge < -0.3 is 0 Å². The van der Waals surface area contributed by atoms with Crippen LogP contribution in [0, 0.1) is 0 Å². The minimum absolute atomic E-state index is 0. The van der Waals surface area contributed by atoms with E-state index in [1.165, 1.54) is 0 Å². The molecule has 5 nitrogen and oxygen atoms in total. The second kappa shape index (κ2) is 8.51. The van der Waals surface area contributed by atoms with Crippen LogP contribution < -0.4 is 0 Å². The third kappa shape index (κ3) is 139. The molecule has 0 aliphatic carbocycles. The SMILES string of the molecule is O=S(=O)(O)O.[O]=[Tl].[Tl]. The van der Waals surface area contributed by atoms with E-state index in [1.807, 2.05) is 0 Å². The standard InChI is InChI=1S/H2O4S.O.2Tl/c1-5(2,3)4;;;/h(H2,1,2,3,4);;;. The maximum absolute atomic E-state index is 8.74. The Bertz CT molecular complexity index is 104. The van der Waals surface area contributed by atoms with Gasteiger partial charge in [-0.05, 0) is 0 Å². The third-order valence-electron chi connectivity index (χ3n) is 0. The van der Waals surface area contributed by atoms with Crippen molar-refractivity contribution in [2.24, 2.45) is 0 Å². The summed E-state index contributed by atoms with van der Waals surface area (Å²) in [6.07, 6.45) is 0. The minimum atomic E-state index is -4.67. The molecule has 0 unspecified atom stereocenters. The molecule has 0 amide bonds. The summed E-state index contributed by atoms with van der Waals surface area (Å²) in [4.78, 5) is 0. The molecule has 8 heteroatoms. The van der Waals surface area contributed by atoms with E-state index in [2.05, 4.69) is 0 Å². The third-order valence-corrected chi connectivity index (χ3v) is 0. The first-order chi connectivity index (χ1) is 3.00. The zero-order valence-corrected chi connectivity index (χ0v) is 13.5. The molecule has 0 aliphatic heterocycles. The van der Waals surface area contributed by atoms with Gasteiger partial charge in [-0.3, -0.25) is 9.11 Å². The van der Waals surface area contributed by atoms with Crippen LogP contribution in [0.2, 0.25) is 0 Å². The predicted molar refractivity (Wildman–Crippen MR) is 26.4 cm³/mol. The Morgan fingerprint density at radius 3 is 1.12 bits per heavy atom. The Labute approximate surface area is 82.7 Å². The Hall–Kier alpha value is 1.51. The zero-order valence-electron chi connectivity index (χ0n) is 3.68. The summed E-state index contributed by atoms with van der Waals surface area (Å²) in [5, 5.41) is 0. The maximum atomic E-state index is 8.74. The van der Waals surface area contributed by atoms with Crippen molar-refractivity contribution in [2.75, 3.05) is 0 Å². The molecule has 2 N–H and O–H groups in total. The van der Waals surface area contributed by atoms with Crippen LogP contribution in [0.5, 0.6) is 0 Å². The smallest absolute Gasteiger partial charge is 0 e. The largest absolute Gasteiger partial charge is 0 e. The van der Waals surface area contributed by atoms with Crippen molar-refractivity contribution in [3.8, 4) is 0 Å². The van der Waals surface area contributed by atoms with E-state index < -0.39 is 10.4 Å². The van der Waals surface area contributed by atoms with Crippen molar-refractivity contribution < 1.29 is 20.2 Å². The van der Waals surface area contributed by atoms with Crippen molar-refractivity contribution in [1.82, 2.24) is 0 Å². The van der Waals surface area contributed by atoms with Gasteiger partial charge in [0.05, 0.1) is 0 Å². The van der Waals surface area contributed by atoms with Crippen LogP contribution in [-0.4, -0.2) is 70.6 Å². The first-order valence-electron chi connectivity index (χ1n) is 0.934. The van der Waals surface area contributed by atoms with Gasteiger partial charge in [0, 0.05) is 27.3 Å². The van der Waals surface area contributed by atoms with Gasteiger partial charge in [0.25, 0.3) is 0 Å². The minimum Gasteiger partial charge on any atom is 0 e. The molecule has 0 aromatic rings. The van der Waals surface area contributed by atoms with E-state index in [1.54, 1.807) is 0 Å². The molecule has 0 aromatic heterocycles. The van der Waals surface area contributed by atoms with E-state index in [4.69, 9.17) is 20.2 Å². The van der Waals surface area contributed by atoms with Crippen molar-refractivity contribution in [3.63, 3.8) is 0 Å². The van der Waals surface area contributed by atoms with Crippen LogP contribution >= 0.6 is 0 Å². The molecule has 0 aromatic carbocycles. The summed E-state index contributed by atoms with van der Waals surface area (Å²) in [6, 6.07) is 0. The molecule has 0 heterocycles. The molecule has 0 aliphatic rings. The fourth-order valence-electron chi connectivity index (χ4n) is 0. The van der Waals surface area contributed by atoms with Crippen LogP contribution in [-0.2, 0) is 13.1 Å². The summed E-state index contributed by atoms with van der Waals surface area (Å²) in [6.45, 7) is 0. The Morgan fingerprint density at radius 2 is 1.12 bits per heavy atom. The quantitative estimate of drug-likeness (QED) is 0.298. The van der Waals surface area contributed by atoms with Crippen molar-refractivity contribution >= 4 is 63.5 Å². The average Bonchev–Trinajstić information content (AvgIpc) is 1.36. The van der Waals surface area contributed by atoms with Gasteiger partial charge in [0.15, 0.2) is 0 Å². The molecule has 44 valence electrons. The molecule has 0 fully saturated rings. The van der Waals surface area contributed by atoms with Gasteiger partial charge in [-0.1, -0.05) is 0 Å². The second-order valence-electron chi connectivity index (χ2n) is 0.448. The molecule has 0 saturated carbocycles. The molecule has 0 rings (SSSR count). The van der Waals surface area contributed by atoms with Crippen molar-refractivity contribution in [3.05, 3.63) is 0 Å². The van der Waals surface area contributed by atoms with Crippen molar-refractivity contribution in [1.29, 1.82) is 0 Å². The summed E-state index contributed by atoms with van der Waals surface area (Å²) in [5.41, 5.74) is 0. The summed E-state index contributed by atoms with van der Waals surface area (Å²) in [5.74, 6) is 0. The monoisotopic (exact) mass is 524 g/mol. The van der Waals surface area contributed by atoms with E-state index in [-0.39, 0.29) is 53.1 Å². The van der Waals surface area contributed by atoms with Crippen LogP contribution in [0.15, 0.2) is 0 Å². The number of rotatable bonds is 0. The summed E-state index contributed by atoms with van der Waals surface area (Å²) >= 11 is -0.0833. The molecule has 0 bridgehead atoms.